The maximum Gasteiger partial charge on any atom is 0.410 e. The topological polar surface area (TPSA) is 128 Å². The lowest BCUT2D eigenvalue weighted by Crippen LogP contribution is -2.40. The predicted octanol–water partition coefficient (Wildman–Crippen LogP) is 6.50. The Morgan fingerprint density at radius 3 is 2.02 bits per heavy atom. The molecule has 0 aliphatic rings. The number of nitrogens with one attached hydrogen (secondary N) is 2. The summed E-state index contributed by atoms with van der Waals surface area (Å²) >= 11 is 6.03. The highest BCUT2D eigenvalue weighted by Crippen LogP contribution is 2.31. The number of halogens is 1. The molecule has 1 aromatic heterocycles. The van der Waals surface area contributed by atoms with Crippen LogP contribution in [0.1, 0.15) is 76.0 Å². The molecule has 0 radical (unpaired) electrons. The third-order valence-electron chi connectivity index (χ3n) is 7.03. The van der Waals surface area contributed by atoms with Gasteiger partial charge in [0.2, 0.25) is 5.91 Å². The van der Waals surface area contributed by atoms with E-state index in [1.54, 1.807) is 88.5 Å². The summed E-state index contributed by atoms with van der Waals surface area (Å²) in [6.07, 6.45) is 0.0298. The van der Waals surface area contributed by atoms with Gasteiger partial charge in [-0.3, -0.25) is 14.2 Å². The van der Waals surface area contributed by atoms with Gasteiger partial charge in [-0.15, -0.1) is 0 Å². The Bertz CT molecular complexity index is 1570. The first kappa shape index (κ1) is 37.2. The summed E-state index contributed by atoms with van der Waals surface area (Å²) in [5, 5.41) is 6.92. The third-order valence-corrected chi connectivity index (χ3v) is 7.28. The molecule has 0 saturated heterocycles. The van der Waals surface area contributed by atoms with E-state index in [2.05, 4.69) is 10.6 Å². The number of carbonyl (C=O) groups excluding carboxylic acids is 4. The van der Waals surface area contributed by atoms with E-state index in [4.69, 9.17) is 25.8 Å². The Labute approximate surface area is 281 Å². The van der Waals surface area contributed by atoms with Crippen LogP contribution in [-0.2, 0) is 20.7 Å². The molecule has 0 saturated carbocycles. The normalized spacial score (nSPS) is 11.6. The second-order valence-corrected chi connectivity index (χ2v) is 13.7. The lowest BCUT2D eigenvalue weighted by atomic mass is 10.1. The summed E-state index contributed by atoms with van der Waals surface area (Å²) in [7, 11) is 1.56. The Kier molecular flexibility index (Phi) is 12.7. The second-order valence-electron chi connectivity index (χ2n) is 13.2. The fourth-order valence-corrected chi connectivity index (χ4v) is 5.04. The molecule has 0 spiro atoms. The van der Waals surface area contributed by atoms with Crippen LogP contribution < -0.4 is 15.4 Å². The van der Waals surface area contributed by atoms with Crippen LogP contribution in [0.15, 0.2) is 42.5 Å². The van der Waals surface area contributed by atoms with E-state index in [0.29, 0.717) is 72.1 Å². The van der Waals surface area contributed by atoms with E-state index < -0.39 is 23.4 Å². The SMILES string of the molecule is COc1ccc2c(c1)c(CC(=O)NCCCN(CCCNC(=O)OC(C)(C)C)C(=O)OC(C)(C)C)c(C)n2C(=O)c1ccc(Cl)cc1. The number of methoxy groups -OCH3 is 1. The number of carbonyl (C=O) groups is 4. The van der Waals surface area contributed by atoms with Crippen molar-refractivity contribution in [3.8, 4) is 5.75 Å². The summed E-state index contributed by atoms with van der Waals surface area (Å²) in [6, 6.07) is 12.1. The minimum absolute atomic E-state index is 0.0442. The first-order valence-electron chi connectivity index (χ1n) is 15.7. The average molecular weight is 671 g/mol. The van der Waals surface area contributed by atoms with Crippen LogP contribution in [0.5, 0.6) is 5.75 Å². The van der Waals surface area contributed by atoms with Gasteiger partial charge in [0.05, 0.1) is 19.0 Å². The standard InChI is InChI=1S/C35H47ClN4O7/c1-23-27(28-21-26(45-8)15-16-29(28)40(23)31(42)24-11-13-25(36)14-12-24)22-30(41)37-17-9-19-39(33(44)47-35(5,6)7)20-10-18-38-32(43)46-34(2,3)4/h11-16,21H,9-10,17-20,22H2,1-8H3,(H,37,41)(H,38,43). The maximum absolute atomic E-state index is 13.6. The summed E-state index contributed by atoms with van der Waals surface area (Å²) < 4.78 is 17.9. The lowest BCUT2D eigenvalue weighted by Gasteiger charge is -2.27. The molecular weight excluding hydrogens is 624 g/mol. The number of alkyl carbamates (subject to hydrolysis) is 1. The molecule has 47 heavy (non-hydrogen) atoms. The van der Waals surface area contributed by atoms with Gasteiger partial charge < -0.3 is 29.7 Å². The van der Waals surface area contributed by atoms with E-state index in [-0.39, 0.29) is 18.2 Å². The maximum atomic E-state index is 13.6. The zero-order valence-electron chi connectivity index (χ0n) is 28.6. The first-order chi connectivity index (χ1) is 22.0. The molecule has 2 N–H and O–H groups in total. The molecule has 256 valence electrons. The van der Waals surface area contributed by atoms with Crippen molar-refractivity contribution in [2.45, 2.75) is 78.9 Å². The molecule has 11 nitrogen and oxygen atoms in total. The van der Waals surface area contributed by atoms with Gasteiger partial charge in [-0.05, 0) is 109 Å². The second kappa shape index (κ2) is 16.0. The molecule has 3 aromatic rings. The number of nitrogens with zero attached hydrogens (tertiary/aromatic N) is 2. The first-order valence-corrected chi connectivity index (χ1v) is 16.1. The van der Waals surface area contributed by atoms with Crippen LogP contribution in [0.4, 0.5) is 9.59 Å². The van der Waals surface area contributed by atoms with E-state index in [9.17, 15) is 19.2 Å². The van der Waals surface area contributed by atoms with Crippen LogP contribution in [0.3, 0.4) is 0 Å². The Morgan fingerprint density at radius 2 is 1.45 bits per heavy atom. The summed E-state index contributed by atoms with van der Waals surface area (Å²) in [5.74, 6) is 0.155. The van der Waals surface area contributed by atoms with Crippen LogP contribution in [-0.4, -0.2) is 78.0 Å². The zero-order valence-corrected chi connectivity index (χ0v) is 29.4. The smallest absolute Gasteiger partial charge is 0.410 e. The highest BCUT2D eigenvalue weighted by atomic mass is 35.5. The van der Waals surface area contributed by atoms with Crippen LogP contribution in [0.25, 0.3) is 10.9 Å². The molecule has 3 rings (SSSR count). The molecule has 0 atom stereocenters. The van der Waals surface area contributed by atoms with Gasteiger partial charge in [0.25, 0.3) is 5.91 Å². The molecule has 0 aliphatic heterocycles. The van der Waals surface area contributed by atoms with Crippen molar-refractivity contribution in [2.75, 3.05) is 33.3 Å². The summed E-state index contributed by atoms with van der Waals surface area (Å²) in [6.45, 7) is 13.9. The Balaban J connectivity index is 1.65. The zero-order chi connectivity index (χ0) is 34.9. The van der Waals surface area contributed by atoms with Crippen LogP contribution >= 0.6 is 11.6 Å². The van der Waals surface area contributed by atoms with Gasteiger partial charge in [0.15, 0.2) is 0 Å². The molecule has 2 aromatic carbocycles. The predicted molar refractivity (Wildman–Crippen MR) is 182 cm³/mol. The van der Waals surface area contributed by atoms with Gasteiger partial charge in [0.1, 0.15) is 17.0 Å². The largest absolute Gasteiger partial charge is 0.497 e. The highest BCUT2D eigenvalue weighted by molar-refractivity contribution is 6.30. The van der Waals surface area contributed by atoms with E-state index in [1.165, 1.54) is 0 Å². The number of hydrogen-bond acceptors (Lipinski definition) is 7. The van der Waals surface area contributed by atoms with Gasteiger partial charge in [-0.2, -0.15) is 0 Å². The van der Waals surface area contributed by atoms with E-state index >= 15 is 0 Å². The number of hydrogen-bond donors (Lipinski definition) is 2. The highest BCUT2D eigenvalue weighted by Gasteiger charge is 2.24. The fraction of sp³-hybridized carbons (Fsp3) is 0.486. The molecule has 1 heterocycles. The lowest BCUT2D eigenvalue weighted by molar-refractivity contribution is -0.120. The van der Waals surface area contributed by atoms with Crippen LogP contribution in [0, 0.1) is 6.92 Å². The quantitative estimate of drug-likeness (QED) is 0.211. The summed E-state index contributed by atoms with van der Waals surface area (Å²) in [5.41, 5.74) is 1.23. The average Bonchev–Trinajstić information content (AvgIpc) is 3.24. The van der Waals surface area contributed by atoms with Gasteiger partial charge in [0, 0.05) is 47.8 Å². The van der Waals surface area contributed by atoms with Crippen molar-refractivity contribution < 1.29 is 33.4 Å². The van der Waals surface area contributed by atoms with E-state index in [0.717, 1.165) is 5.39 Å². The summed E-state index contributed by atoms with van der Waals surface area (Å²) in [4.78, 5) is 53.2. The number of benzene rings is 2. The fourth-order valence-electron chi connectivity index (χ4n) is 4.91. The minimum atomic E-state index is -0.674. The molecule has 0 fully saturated rings. The molecule has 0 bridgehead atoms. The van der Waals surface area contributed by atoms with Crippen molar-refractivity contribution in [3.05, 3.63) is 64.3 Å². The van der Waals surface area contributed by atoms with Crippen LogP contribution in [0.2, 0.25) is 5.02 Å². The van der Waals surface area contributed by atoms with Gasteiger partial charge in [-0.1, -0.05) is 11.6 Å². The molecule has 0 aliphatic carbocycles. The Hall–Kier alpha value is -4.25. The number of ether oxygens (including phenoxy) is 3. The molecule has 12 heteroatoms. The van der Waals surface area contributed by atoms with Gasteiger partial charge in [-0.25, -0.2) is 9.59 Å². The van der Waals surface area contributed by atoms with Crippen molar-refractivity contribution >= 4 is 46.5 Å². The minimum Gasteiger partial charge on any atom is -0.497 e. The van der Waals surface area contributed by atoms with E-state index in [1.807, 2.05) is 19.1 Å². The number of aromatic nitrogens is 1. The Morgan fingerprint density at radius 1 is 0.851 bits per heavy atom. The van der Waals surface area contributed by atoms with Crippen molar-refractivity contribution in [3.63, 3.8) is 0 Å². The third kappa shape index (κ3) is 11.2. The van der Waals surface area contributed by atoms with Crippen molar-refractivity contribution in [2.24, 2.45) is 0 Å². The monoisotopic (exact) mass is 670 g/mol. The van der Waals surface area contributed by atoms with Gasteiger partial charge >= 0.3 is 12.2 Å². The molecule has 3 amide bonds. The van der Waals surface area contributed by atoms with Crippen molar-refractivity contribution in [1.29, 1.82) is 0 Å². The molecule has 0 unspecified atom stereocenters. The molecular formula is C35H47ClN4O7. The number of amides is 3. The number of fused-ring (bicyclic) bond motifs is 1. The number of rotatable bonds is 12. The van der Waals surface area contributed by atoms with Crippen molar-refractivity contribution in [1.82, 2.24) is 20.1 Å².